The lowest BCUT2D eigenvalue weighted by molar-refractivity contribution is -0.132. The molecule has 0 aliphatic carbocycles. The molecule has 2 aliphatic rings. The number of rotatable bonds is 4. The average molecular weight is 356 g/mol. The zero-order valence-electron chi connectivity index (χ0n) is 13.9. The standard InChI is InChI=1S/C19H20N2O3S/c22-18(20-10-3-6-15(20)17-8-4-12-25-17)9-11-21-14-5-1-2-7-16(14)24-13-19(21)23/h1-2,4-5,7-8,12,15H,3,6,9-11,13H2/t15-/m1/s1. The maximum absolute atomic E-state index is 12.8. The van der Waals surface area contributed by atoms with Gasteiger partial charge in [-0.1, -0.05) is 18.2 Å². The molecule has 4 rings (SSSR count). The highest BCUT2D eigenvalue weighted by Crippen LogP contribution is 2.35. The van der Waals surface area contributed by atoms with Crippen LogP contribution in [-0.2, 0) is 9.59 Å². The van der Waals surface area contributed by atoms with E-state index in [1.807, 2.05) is 35.2 Å². The topological polar surface area (TPSA) is 49.9 Å². The van der Waals surface area contributed by atoms with Gasteiger partial charge in [-0.3, -0.25) is 9.59 Å². The fourth-order valence-electron chi connectivity index (χ4n) is 3.59. The van der Waals surface area contributed by atoms with Gasteiger partial charge in [0.1, 0.15) is 5.75 Å². The Morgan fingerprint density at radius 1 is 1.24 bits per heavy atom. The molecule has 5 nitrogen and oxygen atoms in total. The van der Waals surface area contributed by atoms with Gasteiger partial charge < -0.3 is 14.5 Å². The van der Waals surface area contributed by atoms with Crippen molar-refractivity contribution in [3.05, 3.63) is 46.7 Å². The number of nitrogens with zero attached hydrogens (tertiary/aromatic N) is 2. The number of benzene rings is 1. The molecule has 0 N–H and O–H groups in total. The molecule has 6 heteroatoms. The van der Waals surface area contributed by atoms with E-state index in [0.29, 0.717) is 18.7 Å². The number of carbonyl (C=O) groups excluding carboxylic acids is 2. The number of likely N-dealkylation sites (tertiary alicyclic amines) is 1. The number of carbonyl (C=O) groups is 2. The second-order valence-corrected chi connectivity index (χ2v) is 7.29. The molecule has 3 heterocycles. The second kappa shape index (κ2) is 6.88. The molecule has 2 aromatic rings. The van der Waals surface area contributed by atoms with Crippen molar-refractivity contribution in [1.82, 2.24) is 4.90 Å². The molecule has 2 amide bonds. The Labute approximate surface area is 150 Å². The summed E-state index contributed by atoms with van der Waals surface area (Å²) in [7, 11) is 0. The lowest BCUT2D eigenvalue weighted by Gasteiger charge is -2.30. The van der Waals surface area contributed by atoms with E-state index in [1.165, 1.54) is 4.88 Å². The first kappa shape index (κ1) is 16.1. The van der Waals surface area contributed by atoms with Crippen LogP contribution in [0.2, 0.25) is 0 Å². The van der Waals surface area contributed by atoms with Gasteiger partial charge >= 0.3 is 0 Å². The maximum atomic E-state index is 12.8. The van der Waals surface area contributed by atoms with E-state index in [2.05, 4.69) is 11.4 Å². The van der Waals surface area contributed by atoms with Crippen LogP contribution in [0.1, 0.15) is 30.2 Å². The Kier molecular flexibility index (Phi) is 4.44. The van der Waals surface area contributed by atoms with E-state index >= 15 is 0 Å². The van der Waals surface area contributed by atoms with Crippen molar-refractivity contribution in [1.29, 1.82) is 0 Å². The zero-order valence-corrected chi connectivity index (χ0v) is 14.7. The largest absolute Gasteiger partial charge is 0.482 e. The van der Waals surface area contributed by atoms with Crippen molar-refractivity contribution >= 4 is 28.8 Å². The normalized spacial score (nSPS) is 19.7. The third-order valence-electron chi connectivity index (χ3n) is 4.80. The molecule has 1 fully saturated rings. The van der Waals surface area contributed by atoms with Crippen molar-refractivity contribution in [2.24, 2.45) is 0 Å². The summed E-state index contributed by atoms with van der Waals surface area (Å²) in [5.41, 5.74) is 0.753. The quantitative estimate of drug-likeness (QED) is 0.845. The van der Waals surface area contributed by atoms with Gasteiger partial charge in [0.2, 0.25) is 5.91 Å². The lowest BCUT2D eigenvalue weighted by Crippen LogP contribution is -2.41. The van der Waals surface area contributed by atoms with Gasteiger partial charge in [0.15, 0.2) is 6.61 Å². The lowest BCUT2D eigenvalue weighted by atomic mass is 10.1. The van der Waals surface area contributed by atoms with Gasteiger partial charge in [-0.15, -0.1) is 11.3 Å². The average Bonchev–Trinajstić information content (AvgIpc) is 3.31. The number of ether oxygens (including phenoxy) is 1. The Balaban J connectivity index is 1.44. The maximum Gasteiger partial charge on any atom is 0.265 e. The Morgan fingerprint density at radius 2 is 2.12 bits per heavy atom. The summed E-state index contributed by atoms with van der Waals surface area (Å²) in [5.74, 6) is 0.725. The minimum atomic E-state index is -0.0947. The molecular weight excluding hydrogens is 336 g/mol. The SMILES string of the molecule is O=C1COc2ccccc2N1CCC(=O)N1CCC[C@@H]1c1cccs1. The molecule has 1 saturated heterocycles. The Hall–Kier alpha value is -2.34. The number of hydrogen-bond acceptors (Lipinski definition) is 4. The van der Waals surface area contributed by atoms with Crippen LogP contribution in [-0.4, -0.2) is 36.4 Å². The predicted molar refractivity (Wildman–Crippen MR) is 96.9 cm³/mol. The van der Waals surface area contributed by atoms with Gasteiger partial charge in [0.25, 0.3) is 5.91 Å². The number of hydrogen-bond donors (Lipinski definition) is 0. The molecule has 0 saturated carbocycles. The highest BCUT2D eigenvalue weighted by molar-refractivity contribution is 7.10. The highest BCUT2D eigenvalue weighted by Gasteiger charge is 2.32. The summed E-state index contributed by atoms with van der Waals surface area (Å²) in [5, 5.41) is 2.06. The smallest absolute Gasteiger partial charge is 0.265 e. The first-order valence-corrected chi connectivity index (χ1v) is 9.47. The number of anilines is 1. The molecule has 130 valence electrons. The number of para-hydroxylation sites is 2. The van der Waals surface area contributed by atoms with Crippen molar-refractivity contribution in [2.45, 2.75) is 25.3 Å². The molecular formula is C19H20N2O3S. The molecule has 2 aliphatic heterocycles. The van der Waals surface area contributed by atoms with E-state index in [-0.39, 0.29) is 24.5 Å². The monoisotopic (exact) mass is 356 g/mol. The van der Waals surface area contributed by atoms with Crippen LogP contribution in [0.25, 0.3) is 0 Å². The first-order valence-electron chi connectivity index (χ1n) is 8.59. The summed E-state index contributed by atoms with van der Waals surface area (Å²) in [4.78, 5) is 29.9. The predicted octanol–water partition coefficient (Wildman–Crippen LogP) is 3.23. The van der Waals surface area contributed by atoms with E-state index in [0.717, 1.165) is 25.1 Å². The van der Waals surface area contributed by atoms with E-state index in [9.17, 15) is 9.59 Å². The number of thiophene rings is 1. The summed E-state index contributed by atoms with van der Waals surface area (Å²) in [6.45, 7) is 1.23. The number of amides is 2. The minimum absolute atomic E-state index is 0.0345. The molecule has 1 aromatic heterocycles. The molecule has 0 radical (unpaired) electrons. The fraction of sp³-hybridized carbons (Fsp3) is 0.368. The van der Waals surface area contributed by atoms with Crippen molar-refractivity contribution in [3.63, 3.8) is 0 Å². The van der Waals surface area contributed by atoms with E-state index in [1.54, 1.807) is 16.2 Å². The van der Waals surface area contributed by atoms with Gasteiger partial charge in [-0.25, -0.2) is 0 Å². The summed E-state index contributed by atoms with van der Waals surface area (Å²) in [6, 6.07) is 11.8. The summed E-state index contributed by atoms with van der Waals surface area (Å²) in [6.07, 6.45) is 2.39. The third-order valence-corrected chi connectivity index (χ3v) is 5.78. The van der Waals surface area contributed by atoms with Gasteiger partial charge in [0, 0.05) is 24.4 Å². The molecule has 0 bridgehead atoms. The molecule has 1 aromatic carbocycles. The Bertz CT molecular complexity index is 775. The van der Waals surface area contributed by atoms with Gasteiger partial charge in [0.05, 0.1) is 11.7 Å². The molecule has 1 atom stereocenters. The fourth-order valence-corrected chi connectivity index (χ4v) is 4.47. The zero-order chi connectivity index (χ0) is 17.2. The van der Waals surface area contributed by atoms with Crippen LogP contribution in [0.15, 0.2) is 41.8 Å². The minimum Gasteiger partial charge on any atom is -0.482 e. The summed E-state index contributed by atoms with van der Waals surface area (Å²) < 4.78 is 5.45. The third kappa shape index (κ3) is 3.14. The van der Waals surface area contributed by atoms with Gasteiger partial charge in [-0.2, -0.15) is 0 Å². The summed E-state index contributed by atoms with van der Waals surface area (Å²) >= 11 is 1.70. The second-order valence-electron chi connectivity index (χ2n) is 6.31. The number of fused-ring (bicyclic) bond motifs is 1. The van der Waals surface area contributed by atoms with Crippen LogP contribution in [0, 0.1) is 0 Å². The van der Waals surface area contributed by atoms with Crippen molar-refractivity contribution in [2.75, 3.05) is 24.6 Å². The van der Waals surface area contributed by atoms with Crippen LogP contribution < -0.4 is 9.64 Å². The van der Waals surface area contributed by atoms with E-state index in [4.69, 9.17) is 4.74 Å². The van der Waals surface area contributed by atoms with Crippen LogP contribution >= 0.6 is 11.3 Å². The first-order chi connectivity index (χ1) is 12.2. The van der Waals surface area contributed by atoms with E-state index < -0.39 is 0 Å². The van der Waals surface area contributed by atoms with Crippen LogP contribution in [0.4, 0.5) is 5.69 Å². The molecule has 0 unspecified atom stereocenters. The van der Waals surface area contributed by atoms with Crippen molar-refractivity contribution in [3.8, 4) is 5.75 Å². The molecule has 0 spiro atoms. The van der Waals surface area contributed by atoms with Crippen LogP contribution in [0.5, 0.6) is 5.75 Å². The van der Waals surface area contributed by atoms with Gasteiger partial charge in [-0.05, 0) is 36.4 Å². The van der Waals surface area contributed by atoms with Crippen molar-refractivity contribution < 1.29 is 14.3 Å². The highest BCUT2D eigenvalue weighted by atomic mass is 32.1. The van der Waals surface area contributed by atoms with Crippen LogP contribution in [0.3, 0.4) is 0 Å². The Morgan fingerprint density at radius 3 is 2.96 bits per heavy atom. The molecule has 25 heavy (non-hydrogen) atoms.